The SMILES string of the molecule is Cc1cc(-n2nc(C)nc2-c2cccc(N3CCOCC3)c2)ccn1. The average molecular weight is 335 g/mol. The largest absolute Gasteiger partial charge is 0.378 e. The van der Waals surface area contributed by atoms with Gasteiger partial charge in [-0.3, -0.25) is 4.98 Å². The number of aromatic nitrogens is 4. The zero-order valence-electron chi connectivity index (χ0n) is 14.5. The normalized spacial score (nSPS) is 14.7. The lowest BCUT2D eigenvalue weighted by Crippen LogP contribution is -2.36. The first-order valence-electron chi connectivity index (χ1n) is 8.50. The minimum absolute atomic E-state index is 0.751. The molecule has 0 unspecified atom stereocenters. The van der Waals surface area contributed by atoms with Gasteiger partial charge in [-0.15, -0.1) is 0 Å². The molecular weight excluding hydrogens is 314 g/mol. The summed E-state index contributed by atoms with van der Waals surface area (Å²) in [6.45, 7) is 7.27. The number of morpholine rings is 1. The summed E-state index contributed by atoms with van der Waals surface area (Å²) in [6, 6.07) is 12.4. The van der Waals surface area contributed by atoms with Crippen LogP contribution in [0.2, 0.25) is 0 Å². The number of nitrogens with zero attached hydrogens (tertiary/aromatic N) is 5. The van der Waals surface area contributed by atoms with Crippen molar-refractivity contribution < 1.29 is 4.74 Å². The Morgan fingerprint density at radius 2 is 1.84 bits per heavy atom. The Hall–Kier alpha value is -2.73. The molecule has 4 rings (SSSR count). The molecule has 3 aromatic rings. The highest BCUT2D eigenvalue weighted by atomic mass is 16.5. The minimum Gasteiger partial charge on any atom is -0.378 e. The van der Waals surface area contributed by atoms with E-state index in [4.69, 9.17) is 4.74 Å². The summed E-state index contributed by atoms with van der Waals surface area (Å²) < 4.78 is 7.34. The highest BCUT2D eigenvalue weighted by Crippen LogP contribution is 2.26. The van der Waals surface area contributed by atoms with Crippen molar-refractivity contribution in [1.29, 1.82) is 0 Å². The number of benzene rings is 1. The maximum absolute atomic E-state index is 5.45. The van der Waals surface area contributed by atoms with Crippen LogP contribution in [0.4, 0.5) is 5.69 Å². The highest BCUT2D eigenvalue weighted by Gasteiger charge is 2.15. The van der Waals surface area contributed by atoms with Gasteiger partial charge in [0.1, 0.15) is 5.82 Å². The van der Waals surface area contributed by atoms with Crippen molar-refractivity contribution in [3.05, 3.63) is 54.1 Å². The fourth-order valence-corrected chi connectivity index (χ4v) is 3.11. The van der Waals surface area contributed by atoms with Crippen molar-refractivity contribution in [2.45, 2.75) is 13.8 Å². The standard InChI is InChI=1S/C19H21N5O/c1-14-12-18(6-7-20-14)24-19(21-15(2)22-24)16-4-3-5-17(13-16)23-8-10-25-11-9-23/h3-7,12-13H,8-11H2,1-2H3. The first kappa shape index (κ1) is 15.8. The molecule has 0 N–H and O–H groups in total. The van der Waals surface area contributed by atoms with E-state index in [0.717, 1.165) is 54.9 Å². The molecule has 1 fully saturated rings. The average Bonchev–Trinajstić information content (AvgIpc) is 3.04. The van der Waals surface area contributed by atoms with E-state index in [1.165, 1.54) is 5.69 Å². The Kier molecular flexibility index (Phi) is 4.19. The third-order valence-corrected chi connectivity index (χ3v) is 4.32. The van der Waals surface area contributed by atoms with Crippen molar-refractivity contribution in [3.8, 4) is 17.1 Å². The van der Waals surface area contributed by atoms with E-state index in [-0.39, 0.29) is 0 Å². The van der Waals surface area contributed by atoms with Crippen LogP contribution >= 0.6 is 0 Å². The predicted octanol–water partition coefficient (Wildman–Crippen LogP) is 2.78. The van der Waals surface area contributed by atoms with Crippen molar-refractivity contribution in [2.75, 3.05) is 31.2 Å². The first-order valence-corrected chi connectivity index (χ1v) is 8.50. The van der Waals surface area contributed by atoms with E-state index >= 15 is 0 Å². The van der Waals surface area contributed by atoms with Gasteiger partial charge in [0.05, 0.1) is 18.9 Å². The summed E-state index contributed by atoms with van der Waals surface area (Å²) in [5, 5.41) is 4.58. The Labute approximate surface area is 147 Å². The summed E-state index contributed by atoms with van der Waals surface area (Å²) in [4.78, 5) is 11.3. The van der Waals surface area contributed by atoms with Crippen LogP contribution < -0.4 is 4.90 Å². The van der Waals surface area contributed by atoms with E-state index in [2.05, 4.69) is 44.2 Å². The molecule has 0 saturated carbocycles. The van der Waals surface area contributed by atoms with Crippen molar-refractivity contribution in [2.24, 2.45) is 0 Å². The van der Waals surface area contributed by atoms with Crippen molar-refractivity contribution >= 4 is 5.69 Å². The van der Waals surface area contributed by atoms with E-state index < -0.39 is 0 Å². The molecule has 0 spiro atoms. The second kappa shape index (κ2) is 6.64. The fraction of sp³-hybridized carbons (Fsp3) is 0.316. The lowest BCUT2D eigenvalue weighted by molar-refractivity contribution is 0.122. The summed E-state index contributed by atoms with van der Waals surface area (Å²) in [6.07, 6.45) is 1.80. The molecule has 25 heavy (non-hydrogen) atoms. The number of hydrogen-bond acceptors (Lipinski definition) is 5. The summed E-state index contributed by atoms with van der Waals surface area (Å²) in [5.74, 6) is 1.60. The van der Waals surface area contributed by atoms with Gasteiger partial charge in [0.15, 0.2) is 5.82 Å². The quantitative estimate of drug-likeness (QED) is 0.737. The lowest BCUT2D eigenvalue weighted by atomic mass is 10.1. The third kappa shape index (κ3) is 3.25. The van der Waals surface area contributed by atoms with Crippen molar-refractivity contribution in [3.63, 3.8) is 0 Å². The summed E-state index contributed by atoms with van der Waals surface area (Å²) in [7, 11) is 0. The Morgan fingerprint density at radius 1 is 1.00 bits per heavy atom. The second-order valence-corrected chi connectivity index (χ2v) is 6.20. The fourth-order valence-electron chi connectivity index (χ4n) is 3.11. The van der Waals surface area contributed by atoms with Gasteiger partial charge < -0.3 is 9.64 Å². The smallest absolute Gasteiger partial charge is 0.163 e. The number of aryl methyl sites for hydroxylation is 2. The molecule has 128 valence electrons. The molecule has 0 radical (unpaired) electrons. The molecule has 1 saturated heterocycles. The second-order valence-electron chi connectivity index (χ2n) is 6.20. The topological polar surface area (TPSA) is 56.1 Å². The molecule has 6 heteroatoms. The monoisotopic (exact) mass is 335 g/mol. The molecule has 1 aliphatic heterocycles. The molecule has 0 atom stereocenters. The van der Waals surface area contributed by atoms with Gasteiger partial charge in [-0.05, 0) is 38.1 Å². The van der Waals surface area contributed by atoms with Crippen molar-refractivity contribution in [1.82, 2.24) is 19.7 Å². The summed E-state index contributed by atoms with van der Waals surface area (Å²) >= 11 is 0. The number of hydrogen-bond donors (Lipinski definition) is 0. The molecule has 0 amide bonds. The lowest BCUT2D eigenvalue weighted by Gasteiger charge is -2.29. The minimum atomic E-state index is 0.751. The van der Waals surface area contributed by atoms with Gasteiger partial charge in [0, 0.05) is 36.2 Å². The number of rotatable bonds is 3. The van der Waals surface area contributed by atoms with Gasteiger partial charge in [0.2, 0.25) is 0 Å². The molecule has 0 bridgehead atoms. The molecule has 0 aliphatic carbocycles. The van der Waals surface area contributed by atoms with Crippen LogP contribution in [0, 0.1) is 13.8 Å². The van der Waals surface area contributed by atoms with Crippen LogP contribution in [0.5, 0.6) is 0 Å². The molecular formula is C19H21N5O. The molecule has 1 aliphatic rings. The van der Waals surface area contributed by atoms with Gasteiger partial charge in [0.25, 0.3) is 0 Å². The molecule has 3 heterocycles. The van der Waals surface area contributed by atoms with E-state index in [1.54, 1.807) is 6.20 Å². The Bertz CT molecular complexity index is 883. The third-order valence-electron chi connectivity index (χ3n) is 4.32. The molecule has 2 aromatic heterocycles. The van der Waals surface area contributed by atoms with Gasteiger partial charge >= 0.3 is 0 Å². The zero-order chi connectivity index (χ0) is 17.2. The van der Waals surface area contributed by atoms with Gasteiger partial charge in [-0.1, -0.05) is 12.1 Å². The number of ether oxygens (including phenoxy) is 1. The van der Waals surface area contributed by atoms with E-state index in [1.807, 2.05) is 30.7 Å². The molecule has 6 nitrogen and oxygen atoms in total. The van der Waals surface area contributed by atoms with Crippen LogP contribution in [0.25, 0.3) is 17.1 Å². The van der Waals surface area contributed by atoms with Crippen LogP contribution in [-0.2, 0) is 4.74 Å². The predicted molar refractivity (Wildman–Crippen MR) is 97.1 cm³/mol. The maximum Gasteiger partial charge on any atom is 0.163 e. The summed E-state index contributed by atoms with van der Waals surface area (Å²) in [5.41, 5.74) is 4.18. The Balaban J connectivity index is 1.75. The maximum atomic E-state index is 5.45. The Morgan fingerprint density at radius 3 is 2.64 bits per heavy atom. The number of pyridine rings is 1. The van der Waals surface area contributed by atoms with Crippen LogP contribution in [0.15, 0.2) is 42.6 Å². The van der Waals surface area contributed by atoms with E-state index in [0.29, 0.717) is 0 Å². The van der Waals surface area contributed by atoms with E-state index in [9.17, 15) is 0 Å². The number of anilines is 1. The highest BCUT2D eigenvalue weighted by molar-refractivity contribution is 5.65. The van der Waals surface area contributed by atoms with Crippen LogP contribution in [0.3, 0.4) is 0 Å². The zero-order valence-corrected chi connectivity index (χ0v) is 14.5. The van der Waals surface area contributed by atoms with Gasteiger partial charge in [-0.2, -0.15) is 5.10 Å². The first-order chi connectivity index (χ1) is 12.2. The van der Waals surface area contributed by atoms with Crippen LogP contribution in [0.1, 0.15) is 11.5 Å². The molecule has 1 aromatic carbocycles. The van der Waals surface area contributed by atoms with Crippen LogP contribution in [-0.4, -0.2) is 46.1 Å². The van der Waals surface area contributed by atoms with Gasteiger partial charge in [-0.25, -0.2) is 9.67 Å².